The first-order chi connectivity index (χ1) is 8.68. The van der Waals surface area contributed by atoms with Gasteiger partial charge in [-0.3, -0.25) is 9.59 Å². The van der Waals surface area contributed by atoms with Gasteiger partial charge in [0.25, 0.3) is 0 Å². The molecule has 2 rings (SSSR count). The Morgan fingerprint density at radius 3 is 2.33 bits per heavy atom. The second-order valence-electron chi connectivity index (χ2n) is 5.30. The number of amides is 1. The van der Waals surface area contributed by atoms with E-state index in [9.17, 15) is 9.59 Å². The molecule has 2 N–H and O–H groups in total. The van der Waals surface area contributed by atoms with Gasteiger partial charge in [-0.25, -0.2) is 0 Å². The van der Waals surface area contributed by atoms with Gasteiger partial charge in [0.1, 0.15) is 6.54 Å². The van der Waals surface area contributed by atoms with Crippen LogP contribution in [-0.4, -0.2) is 47.1 Å². The average Bonchev–Trinajstić information content (AvgIpc) is 2.89. The highest BCUT2D eigenvalue weighted by Crippen LogP contribution is 2.24. The van der Waals surface area contributed by atoms with Gasteiger partial charge in [-0.15, -0.1) is 0 Å². The number of nitrogens with zero attached hydrogens (tertiary/aromatic N) is 1. The van der Waals surface area contributed by atoms with E-state index >= 15 is 0 Å². The van der Waals surface area contributed by atoms with Crippen molar-refractivity contribution in [1.29, 1.82) is 0 Å². The number of carbonyl (C=O) groups is 2. The van der Waals surface area contributed by atoms with Crippen LogP contribution in [0.15, 0.2) is 0 Å². The predicted molar refractivity (Wildman–Crippen MR) is 67.2 cm³/mol. The molecule has 5 nitrogen and oxygen atoms in total. The van der Waals surface area contributed by atoms with Crippen LogP contribution < -0.4 is 5.32 Å². The first-order valence-electron chi connectivity index (χ1n) is 6.94. The topological polar surface area (TPSA) is 69.6 Å². The first kappa shape index (κ1) is 13.3. The van der Waals surface area contributed by atoms with Gasteiger partial charge in [-0.05, 0) is 32.2 Å². The summed E-state index contributed by atoms with van der Waals surface area (Å²) in [7, 11) is 0. The van der Waals surface area contributed by atoms with E-state index in [0.717, 1.165) is 51.5 Å². The SMILES string of the molecule is O=C(O)CN(C(=O)[C@@H]1CCCCN1)C1CCCC1. The number of carboxylic acid groups (broad SMARTS) is 1. The van der Waals surface area contributed by atoms with E-state index in [1.807, 2.05) is 0 Å². The normalized spacial score (nSPS) is 25.0. The molecule has 0 unspecified atom stereocenters. The summed E-state index contributed by atoms with van der Waals surface area (Å²) in [5, 5.41) is 12.2. The van der Waals surface area contributed by atoms with Crippen molar-refractivity contribution in [3.8, 4) is 0 Å². The van der Waals surface area contributed by atoms with Crippen LogP contribution in [0.5, 0.6) is 0 Å². The van der Waals surface area contributed by atoms with Gasteiger partial charge in [0.2, 0.25) is 5.91 Å². The minimum absolute atomic E-state index is 0.0102. The van der Waals surface area contributed by atoms with Crippen molar-refractivity contribution in [2.45, 2.75) is 57.0 Å². The number of hydrogen-bond donors (Lipinski definition) is 2. The van der Waals surface area contributed by atoms with Gasteiger partial charge in [-0.1, -0.05) is 19.3 Å². The molecular weight excluding hydrogens is 232 g/mol. The molecule has 0 aromatic carbocycles. The molecule has 0 aromatic rings. The number of nitrogens with one attached hydrogen (secondary N) is 1. The summed E-state index contributed by atoms with van der Waals surface area (Å²) in [5.74, 6) is -0.921. The maximum absolute atomic E-state index is 12.4. The molecule has 0 bridgehead atoms. The second-order valence-corrected chi connectivity index (χ2v) is 5.30. The fourth-order valence-electron chi connectivity index (χ4n) is 3.01. The van der Waals surface area contributed by atoms with E-state index < -0.39 is 5.97 Å². The maximum atomic E-state index is 12.4. The minimum atomic E-state index is -0.911. The molecule has 1 aliphatic carbocycles. The summed E-state index contributed by atoms with van der Waals surface area (Å²) in [6.45, 7) is 0.712. The zero-order valence-corrected chi connectivity index (χ0v) is 10.7. The standard InChI is InChI=1S/C13H22N2O3/c16-12(17)9-15(10-5-1-2-6-10)13(18)11-7-3-4-8-14-11/h10-11,14H,1-9H2,(H,16,17)/t11-/m0/s1. The van der Waals surface area contributed by atoms with E-state index in [1.54, 1.807) is 4.90 Å². The molecule has 2 aliphatic rings. The Kier molecular flexibility index (Phi) is 4.58. The van der Waals surface area contributed by atoms with Crippen LogP contribution in [0.1, 0.15) is 44.9 Å². The Labute approximate surface area is 108 Å². The number of piperidine rings is 1. The molecule has 18 heavy (non-hydrogen) atoms. The molecule has 1 atom stereocenters. The van der Waals surface area contributed by atoms with Crippen molar-refractivity contribution in [2.75, 3.05) is 13.1 Å². The van der Waals surface area contributed by atoms with Crippen molar-refractivity contribution < 1.29 is 14.7 Å². The fourth-order valence-corrected chi connectivity index (χ4v) is 3.01. The monoisotopic (exact) mass is 254 g/mol. The summed E-state index contributed by atoms with van der Waals surface area (Å²) in [5.41, 5.74) is 0. The molecule has 0 radical (unpaired) electrons. The van der Waals surface area contributed by atoms with E-state index in [1.165, 1.54) is 0 Å². The summed E-state index contributed by atoms with van der Waals surface area (Å²) in [4.78, 5) is 25.0. The van der Waals surface area contributed by atoms with Crippen molar-refractivity contribution in [2.24, 2.45) is 0 Å². The minimum Gasteiger partial charge on any atom is -0.480 e. The highest BCUT2D eigenvalue weighted by Gasteiger charge is 2.32. The summed E-state index contributed by atoms with van der Waals surface area (Å²) < 4.78 is 0. The molecule has 1 saturated heterocycles. The van der Waals surface area contributed by atoms with E-state index in [2.05, 4.69) is 5.32 Å². The van der Waals surface area contributed by atoms with Crippen molar-refractivity contribution >= 4 is 11.9 Å². The summed E-state index contributed by atoms with van der Waals surface area (Å²) in [6.07, 6.45) is 7.10. The molecule has 2 fully saturated rings. The lowest BCUT2D eigenvalue weighted by molar-refractivity contribution is -0.147. The van der Waals surface area contributed by atoms with Gasteiger partial charge in [0, 0.05) is 6.04 Å². The van der Waals surface area contributed by atoms with Crippen LogP contribution in [0.3, 0.4) is 0 Å². The van der Waals surface area contributed by atoms with Crippen LogP contribution in [0.25, 0.3) is 0 Å². The molecule has 0 spiro atoms. The fraction of sp³-hybridized carbons (Fsp3) is 0.846. The predicted octanol–water partition coefficient (Wildman–Crippen LogP) is 0.984. The smallest absolute Gasteiger partial charge is 0.323 e. The summed E-state index contributed by atoms with van der Waals surface area (Å²) >= 11 is 0. The highest BCUT2D eigenvalue weighted by molar-refractivity contribution is 5.85. The Morgan fingerprint density at radius 2 is 1.78 bits per heavy atom. The van der Waals surface area contributed by atoms with Crippen LogP contribution in [-0.2, 0) is 9.59 Å². The third kappa shape index (κ3) is 3.22. The second kappa shape index (κ2) is 6.18. The molecule has 1 heterocycles. The highest BCUT2D eigenvalue weighted by atomic mass is 16.4. The van der Waals surface area contributed by atoms with Gasteiger partial charge >= 0.3 is 5.97 Å². The van der Waals surface area contributed by atoms with E-state index in [4.69, 9.17) is 5.11 Å². The van der Waals surface area contributed by atoms with Crippen molar-refractivity contribution in [3.05, 3.63) is 0 Å². The number of carbonyl (C=O) groups excluding carboxylic acids is 1. The molecule has 5 heteroatoms. The van der Waals surface area contributed by atoms with Crippen molar-refractivity contribution in [1.82, 2.24) is 10.2 Å². The third-order valence-electron chi connectivity index (χ3n) is 3.96. The van der Waals surface area contributed by atoms with Gasteiger partial charge < -0.3 is 15.3 Å². The maximum Gasteiger partial charge on any atom is 0.323 e. The van der Waals surface area contributed by atoms with Gasteiger partial charge in [0.05, 0.1) is 6.04 Å². The zero-order chi connectivity index (χ0) is 13.0. The first-order valence-corrected chi connectivity index (χ1v) is 6.94. The Hall–Kier alpha value is -1.10. The molecule has 102 valence electrons. The Bertz CT molecular complexity index is 307. The van der Waals surface area contributed by atoms with Gasteiger partial charge in [0.15, 0.2) is 0 Å². The van der Waals surface area contributed by atoms with Gasteiger partial charge in [-0.2, -0.15) is 0 Å². The Morgan fingerprint density at radius 1 is 1.11 bits per heavy atom. The summed E-state index contributed by atoms with van der Waals surface area (Å²) in [6, 6.07) is -0.0315. The van der Waals surface area contributed by atoms with E-state index in [-0.39, 0.29) is 24.5 Å². The number of hydrogen-bond acceptors (Lipinski definition) is 3. The van der Waals surface area contributed by atoms with Crippen LogP contribution in [0.2, 0.25) is 0 Å². The zero-order valence-electron chi connectivity index (χ0n) is 10.7. The number of rotatable bonds is 4. The molecule has 1 aliphatic heterocycles. The molecule has 0 aromatic heterocycles. The largest absolute Gasteiger partial charge is 0.480 e. The van der Waals surface area contributed by atoms with Crippen molar-refractivity contribution in [3.63, 3.8) is 0 Å². The lowest BCUT2D eigenvalue weighted by atomic mass is 10.0. The number of aliphatic carboxylic acids is 1. The lowest BCUT2D eigenvalue weighted by Crippen LogP contribution is -2.52. The molecule has 1 saturated carbocycles. The van der Waals surface area contributed by atoms with E-state index in [0.29, 0.717) is 0 Å². The van der Waals surface area contributed by atoms with Crippen LogP contribution in [0, 0.1) is 0 Å². The van der Waals surface area contributed by atoms with Crippen LogP contribution in [0.4, 0.5) is 0 Å². The quantitative estimate of drug-likeness (QED) is 0.785. The average molecular weight is 254 g/mol. The molecular formula is C13H22N2O3. The number of carboxylic acids is 1. The lowest BCUT2D eigenvalue weighted by Gasteiger charge is -2.33. The Balaban J connectivity index is 2.01. The van der Waals surface area contributed by atoms with Crippen LogP contribution >= 0.6 is 0 Å². The molecule has 1 amide bonds. The third-order valence-corrected chi connectivity index (χ3v) is 3.96.